The number of Topliss-reactive ketones (excluding diaryl/α,β-unsaturated/α-hetero) is 1. The van der Waals surface area contributed by atoms with Gasteiger partial charge in [0.1, 0.15) is 29.5 Å². The fourth-order valence-corrected chi connectivity index (χ4v) is 15.0. The zero-order valence-electron chi connectivity index (χ0n) is 62.9. The number of methoxy groups -OCH3 is 2. The normalized spacial score (nSPS) is 16.9. The predicted molar refractivity (Wildman–Crippen MR) is 387 cm³/mol. The first-order chi connectivity index (χ1) is 52.6. The molecule has 3 fully saturated rings. The number of phosphoric acid groups is 1. The number of nitrogens with zero attached hydrogens (tertiary/aromatic N) is 7. The highest BCUT2D eigenvalue weighted by atomic mass is 32.2. The molecule has 3 aliphatic heterocycles. The molecule has 612 valence electrons. The fourth-order valence-electron chi connectivity index (χ4n) is 14.0. The van der Waals surface area contributed by atoms with Crippen LogP contribution in [0.5, 0.6) is 5.75 Å². The van der Waals surface area contributed by atoms with E-state index in [9.17, 15) is 50.7 Å². The van der Waals surface area contributed by atoms with E-state index in [4.69, 9.17) is 14.0 Å². The lowest BCUT2D eigenvalue weighted by Gasteiger charge is -2.47. The van der Waals surface area contributed by atoms with Crippen LogP contribution in [0.4, 0.5) is 60.3 Å². The van der Waals surface area contributed by atoms with Crippen LogP contribution in [-0.4, -0.2) is 179 Å². The maximum Gasteiger partial charge on any atom is 0.524 e. The van der Waals surface area contributed by atoms with Crippen LogP contribution in [0, 0.1) is 53.1 Å². The Bertz CT molecular complexity index is 4690. The van der Waals surface area contributed by atoms with E-state index in [0.29, 0.717) is 106 Å². The van der Waals surface area contributed by atoms with Gasteiger partial charge in [-0.3, -0.25) is 44.1 Å². The number of sulfone groups is 1. The number of anilines is 2. The van der Waals surface area contributed by atoms with Crippen molar-refractivity contribution in [2.24, 2.45) is 22.7 Å². The zero-order chi connectivity index (χ0) is 83.3. The van der Waals surface area contributed by atoms with Gasteiger partial charge in [0.25, 0.3) is 0 Å². The summed E-state index contributed by atoms with van der Waals surface area (Å²) >= 11 is 0. The van der Waals surface area contributed by atoms with Crippen LogP contribution in [0.25, 0.3) is 11.3 Å². The summed E-state index contributed by atoms with van der Waals surface area (Å²) in [7, 11) is -7.70. The van der Waals surface area contributed by atoms with Crippen molar-refractivity contribution in [3.63, 3.8) is 0 Å². The molecular weight excluding hydrogens is 1550 g/mol. The molecule has 6 aromatic rings. The second-order valence-electron chi connectivity index (χ2n) is 29.8. The van der Waals surface area contributed by atoms with E-state index in [1.165, 1.54) is 75.4 Å². The molecule has 5 heterocycles. The number of amides is 3. The van der Waals surface area contributed by atoms with Crippen molar-refractivity contribution in [3.05, 3.63) is 148 Å². The predicted octanol–water partition coefficient (Wildman–Crippen LogP) is 10.8. The van der Waals surface area contributed by atoms with Gasteiger partial charge in [-0.2, -0.15) is 40.2 Å². The minimum atomic E-state index is -5.58. The van der Waals surface area contributed by atoms with Gasteiger partial charge in [-0.15, -0.1) is 0 Å². The van der Waals surface area contributed by atoms with Gasteiger partial charge in [0.05, 0.1) is 92.2 Å². The fraction of sp³-hybridized carbons (Fsp3) is 0.480. The maximum absolute atomic E-state index is 16.9. The Hall–Kier alpha value is -9.57. The van der Waals surface area contributed by atoms with E-state index in [1.54, 1.807) is 12.4 Å². The molecule has 9 rings (SSSR count). The van der Waals surface area contributed by atoms with E-state index in [2.05, 4.69) is 56.9 Å². The first kappa shape index (κ1) is 87.4. The maximum atomic E-state index is 16.9. The SMILES string of the molecule is COC(=O)C[C@H](C(=O)NN(Cc1c(F)cc(-c2ccn(C(F)F)n2)cc1F)C[C@H](OC(=O)CC(C)(C)c1c(CC(=O)Nc2ccc(S(C)(=O)=O)cc2)cc(C)cc1OP(=O)(O)O)[C@@H](CC(=O)[C@@H](NC(=O)OC)C(C)(C)C(F)(F)F)Cc1ccc(C#Cc2cnc(N3CC4CCC(C3)N4C3COC3)nc2)cc1)C(C)(C)C(F)(F)F. The molecule has 4 aromatic carbocycles. The standard InChI is InChI=1S/C75H85F10N10O16PS/c1-42-25-48(31-62(97)88-49-17-21-53(22-18-49)113(10,105)106)65(60(26-42)111-112(102,103)104)71(2,3)33-64(99)110-61(39-93(91-67(100)55(32-63(98)107-8)72(4,5)74(80,81)82)38-54-56(76)28-46(29-57(54)77)58-23-24-94(90-58)68(78)79)47(30-59(96)66(89-70(101)108-9)73(6,7)75(83,84)85)27-44-14-11-43(12-15-44)13-16-45-34-86-69(87-35-45)92-36-50-19-20-51(37-92)95(50)52-40-109-41-52/h11-12,14-15,17-18,21-26,28-29,34-35,47,50-52,55,61,66,68H,19-20,27,30-33,36-41H2,1-10H3,(H,88,97)(H,89,101)(H,91,100)(H2,102,103,104)/t47-,50?,51?,55-,61+,66-/m1/s1. The number of rotatable bonds is 31. The monoisotopic (exact) mass is 1630 g/mol. The van der Waals surface area contributed by atoms with Crippen LogP contribution in [-0.2, 0) is 82.1 Å². The van der Waals surface area contributed by atoms with Gasteiger partial charge in [0.15, 0.2) is 15.6 Å². The smallest absolute Gasteiger partial charge is 0.469 e. The number of phosphoric ester groups is 1. The Morgan fingerprint density at radius 2 is 1.38 bits per heavy atom. The van der Waals surface area contributed by atoms with E-state index in [-0.39, 0.29) is 37.5 Å². The van der Waals surface area contributed by atoms with Crippen molar-refractivity contribution in [3.8, 4) is 28.8 Å². The number of alkyl halides is 8. The highest BCUT2D eigenvalue weighted by Gasteiger charge is 2.57. The van der Waals surface area contributed by atoms with Gasteiger partial charge >= 0.3 is 44.8 Å². The molecule has 2 bridgehead atoms. The van der Waals surface area contributed by atoms with Gasteiger partial charge in [-0.1, -0.05) is 57.7 Å². The highest BCUT2D eigenvalue weighted by Crippen LogP contribution is 2.48. The molecule has 0 radical (unpaired) electrons. The van der Waals surface area contributed by atoms with E-state index in [0.717, 1.165) is 51.6 Å². The summed E-state index contributed by atoms with van der Waals surface area (Å²) in [6.07, 6.45) is -12.4. The summed E-state index contributed by atoms with van der Waals surface area (Å²) in [5, 5.41) is 8.66. The largest absolute Gasteiger partial charge is 0.524 e. The minimum absolute atomic E-state index is 0.0616. The Labute approximate surface area is 644 Å². The van der Waals surface area contributed by atoms with E-state index in [1.807, 2.05) is 5.32 Å². The van der Waals surface area contributed by atoms with Crippen molar-refractivity contribution in [1.29, 1.82) is 0 Å². The van der Waals surface area contributed by atoms with Gasteiger partial charge in [-0.25, -0.2) is 46.2 Å². The quantitative estimate of drug-likeness (QED) is 0.00674. The highest BCUT2D eigenvalue weighted by molar-refractivity contribution is 7.90. The Morgan fingerprint density at radius 1 is 0.779 bits per heavy atom. The summed E-state index contributed by atoms with van der Waals surface area (Å²) in [6, 6.07) is 13.9. The summed E-state index contributed by atoms with van der Waals surface area (Å²) in [6.45, 7) is 3.26. The topological polar surface area (TPSA) is 330 Å². The lowest BCUT2D eigenvalue weighted by molar-refractivity contribution is -0.231. The number of halogens is 10. The van der Waals surface area contributed by atoms with Crippen molar-refractivity contribution < 1.29 is 119 Å². The third-order valence-electron chi connectivity index (χ3n) is 20.3. The van der Waals surface area contributed by atoms with Crippen LogP contribution in [0.1, 0.15) is 119 Å². The number of carbonyl (C=O) groups excluding carboxylic acids is 6. The number of fused-ring (bicyclic) bond motifs is 2. The molecule has 0 aliphatic carbocycles. The molecule has 3 aliphatic rings. The molecular formula is C75H85F10N10O16PS. The number of aromatic nitrogens is 4. The van der Waals surface area contributed by atoms with Crippen LogP contribution < -0.4 is 25.5 Å². The summed E-state index contributed by atoms with van der Waals surface area (Å²) in [5.74, 6) is -8.33. The molecule has 2 aromatic heterocycles. The number of ether oxygens (including phenoxy) is 4. The molecule has 26 nitrogen and oxygen atoms in total. The van der Waals surface area contributed by atoms with Gasteiger partial charge < -0.3 is 39.0 Å². The third kappa shape index (κ3) is 21.9. The molecule has 113 heavy (non-hydrogen) atoms. The second-order valence-corrected chi connectivity index (χ2v) is 33.0. The number of hydrogen-bond acceptors (Lipinski definition) is 20. The van der Waals surface area contributed by atoms with Gasteiger partial charge in [-0.05, 0) is 117 Å². The van der Waals surface area contributed by atoms with Crippen molar-refractivity contribution in [2.75, 3.05) is 63.5 Å². The first-order valence-corrected chi connectivity index (χ1v) is 38.7. The number of aryl methyl sites for hydroxylation is 1. The molecule has 0 spiro atoms. The molecule has 6 atom stereocenters. The number of hydrogen-bond donors (Lipinski definition) is 5. The molecule has 2 unspecified atom stereocenters. The lowest BCUT2D eigenvalue weighted by Crippen LogP contribution is -2.62. The molecule has 3 saturated heterocycles. The third-order valence-corrected chi connectivity index (χ3v) is 21.9. The molecule has 3 amide bonds. The second kappa shape index (κ2) is 35.0. The number of ketones is 1. The lowest BCUT2D eigenvalue weighted by atomic mass is 9.75. The van der Waals surface area contributed by atoms with E-state index >= 15 is 44.7 Å². The first-order valence-electron chi connectivity index (χ1n) is 35.3. The van der Waals surface area contributed by atoms with Gasteiger partial charge in [0.2, 0.25) is 17.8 Å². The van der Waals surface area contributed by atoms with Gasteiger partial charge in [0, 0.05) is 102 Å². The van der Waals surface area contributed by atoms with E-state index < -0.39 is 192 Å². The number of nitrogens with one attached hydrogen (secondary N) is 3. The Kier molecular flexibility index (Phi) is 27.1. The summed E-state index contributed by atoms with van der Waals surface area (Å²) in [4.78, 5) is 120. The van der Waals surface area contributed by atoms with Crippen molar-refractivity contribution in [1.82, 2.24) is 40.4 Å². The minimum Gasteiger partial charge on any atom is -0.469 e. The summed E-state index contributed by atoms with van der Waals surface area (Å²) in [5.41, 5.74) is -7.15. The van der Waals surface area contributed by atoms with Crippen LogP contribution in [0.15, 0.2) is 102 Å². The van der Waals surface area contributed by atoms with Crippen LogP contribution in [0.3, 0.4) is 0 Å². The number of piperazine rings is 1. The number of esters is 2. The molecule has 0 saturated carbocycles. The number of carbonyl (C=O) groups is 6. The Balaban J connectivity index is 1.17. The number of hydrazine groups is 1. The molecule has 5 N–H and O–H groups in total. The average Bonchev–Trinajstić information content (AvgIpc) is 0.964. The number of alkyl carbamates (subject to hydrolysis) is 1. The zero-order valence-corrected chi connectivity index (χ0v) is 64.6. The summed E-state index contributed by atoms with van der Waals surface area (Å²) < 4.78 is 217. The average molecular weight is 1640 g/mol. The van der Waals surface area contributed by atoms with Crippen LogP contribution >= 0.6 is 7.82 Å². The van der Waals surface area contributed by atoms with Crippen molar-refractivity contribution >= 4 is 64.9 Å². The van der Waals surface area contributed by atoms with Crippen molar-refractivity contribution in [2.45, 2.75) is 159 Å². The number of benzene rings is 4. The molecule has 38 heteroatoms. The van der Waals surface area contributed by atoms with Crippen LogP contribution in [0.2, 0.25) is 0 Å². The Morgan fingerprint density at radius 3 is 1.91 bits per heavy atom.